The van der Waals surface area contributed by atoms with Crippen molar-refractivity contribution in [1.82, 2.24) is 0 Å². The molecule has 1 aromatic rings. The standard InChI is InChI=1S/C7H7NO2.H2O/c8-6-3-1-5(2-4-6)7(9)10;/h1-4H,8H2,(H,9,10);1H2. The van der Waals surface area contributed by atoms with Gasteiger partial charge in [0.1, 0.15) is 0 Å². The van der Waals surface area contributed by atoms with Crippen molar-refractivity contribution in [2.45, 2.75) is 0 Å². The zero-order valence-corrected chi connectivity index (χ0v) is 5.74. The lowest BCUT2D eigenvalue weighted by Crippen LogP contribution is -1.95. The molecular formula is C7H9NO3. The van der Waals surface area contributed by atoms with Crippen LogP contribution in [0.2, 0.25) is 0 Å². The van der Waals surface area contributed by atoms with Crippen molar-refractivity contribution in [2.24, 2.45) is 0 Å². The summed E-state index contributed by atoms with van der Waals surface area (Å²) >= 11 is 0. The predicted molar refractivity (Wildman–Crippen MR) is 41.4 cm³/mol. The molecule has 0 bridgehead atoms. The zero-order chi connectivity index (χ0) is 7.56. The van der Waals surface area contributed by atoms with Crippen molar-refractivity contribution in [1.29, 1.82) is 0 Å². The third-order valence-electron chi connectivity index (χ3n) is 1.16. The Hall–Kier alpha value is -1.55. The number of hydrogen-bond donors (Lipinski definition) is 2. The summed E-state index contributed by atoms with van der Waals surface area (Å²) in [5.74, 6) is -0.931. The van der Waals surface area contributed by atoms with Gasteiger partial charge in [0, 0.05) is 5.69 Å². The number of hydrogen-bond acceptors (Lipinski definition) is 2. The number of nitrogens with two attached hydrogens (primary N) is 1. The van der Waals surface area contributed by atoms with E-state index in [0.717, 1.165) is 0 Å². The van der Waals surface area contributed by atoms with Crippen LogP contribution < -0.4 is 5.73 Å². The van der Waals surface area contributed by atoms with E-state index in [4.69, 9.17) is 10.8 Å². The average molecular weight is 155 g/mol. The van der Waals surface area contributed by atoms with Crippen LogP contribution in [0.3, 0.4) is 0 Å². The summed E-state index contributed by atoms with van der Waals surface area (Å²) in [6.45, 7) is 0. The Morgan fingerprint density at radius 3 is 2.09 bits per heavy atom. The van der Waals surface area contributed by atoms with Gasteiger partial charge in [-0.3, -0.25) is 0 Å². The quantitative estimate of drug-likeness (QED) is 0.565. The molecule has 0 unspecified atom stereocenters. The van der Waals surface area contributed by atoms with Crippen LogP contribution in [-0.2, 0) is 0 Å². The number of carboxylic acid groups (broad SMARTS) is 1. The molecule has 60 valence electrons. The maximum atomic E-state index is 10.3. The second-order valence-electron chi connectivity index (χ2n) is 1.93. The average Bonchev–Trinajstić information content (AvgIpc) is 1.88. The minimum atomic E-state index is -0.931. The molecule has 0 spiro atoms. The molecular weight excluding hydrogens is 146 g/mol. The van der Waals surface area contributed by atoms with Gasteiger partial charge in [-0.2, -0.15) is 0 Å². The molecule has 11 heavy (non-hydrogen) atoms. The number of nitrogen functional groups attached to an aromatic ring is 1. The molecule has 0 aliphatic rings. The molecule has 0 atom stereocenters. The predicted octanol–water partition coefficient (Wildman–Crippen LogP) is 0.142. The molecule has 4 heteroatoms. The zero-order valence-electron chi connectivity index (χ0n) is 5.74. The third kappa shape index (κ3) is 2.27. The Morgan fingerprint density at radius 1 is 1.27 bits per heavy atom. The fourth-order valence-electron chi connectivity index (χ4n) is 0.626. The molecule has 0 saturated heterocycles. The van der Waals surface area contributed by atoms with Crippen LogP contribution in [0, 0.1) is 0 Å². The van der Waals surface area contributed by atoms with E-state index in [9.17, 15) is 4.79 Å². The summed E-state index contributed by atoms with van der Waals surface area (Å²) in [7, 11) is 0. The van der Waals surface area contributed by atoms with Gasteiger partial charge in [-0.25, -0.2) is 4.79 Å². The van der Waals surface area contributed by atoms with Crippen LogP contribution in [0.15, 0.2) is 24.3 Å². The van der Waals surface area contributed by atoms with Crippen LogP contribution in [-0.4, -0.2) is 16.6 Å². The Bertz CT molecular complexity index is 242. The van der Waals surface area contributed by atoms with E-state index in [2.05, 4.69) is 0 Å². The Labute approximate surface area is 63.6 Å². The topological polar surface area (TPSA) is 94.8 Å². The largest absolute Gasteiger partial charge is 0.478 e. The summed E-state index contributed by atoms with van der Waals surface area (Å²) in [5, 5.41) is 8.43. The van der Waals surface area contributed by atoms with Crippen molar-refractivity contribution in [2.75, 3.05) is 5.73 Å². The SMILES string of the molecule is Nc1ccc(C(=O)O)cc1.O. The molecule has 0 saturated carbocycles. The highest BCUT2D eigenvalue weighted by atomic mass is 16.4. The first-order valence-corrected chi connectivity index (χ1v) is 2.79. The maximum absolute atomic E-state index is 10.3. The monoisotopic (exact) mass is 155 g/mol. The smallest absolute Gasteiger partial charge is 0.335 e. The molecule has 0 fully saturated rings. The van der Waals surface area contributed by atoms with Gasteiger partial charge in [-0.1, -0.05) is 0 Å². The van der Waals surface area contributed by atoms with E-state index in [1.54, 1.807) is 12.1 Å². The molecule has 0 aliphatic heterocycles. The third-order valence-corrected chi connectivity index (χ3v) is 1.16. The van der Waals surface area contributed by atoms with Crippen molar-refractivity contribution < 1.29 is 15.4 Å². The Morgan fingerprint density at radius 2 is 1.73 bits per heavy atom. The Balaban J connectivity index is 0.000001000. The van der Waals surface area contributed by atoms with Crippen LogP contribution in [0.5, 0.6) is 0 Å². The lowest BCUT2D eigenvalue weighted by atomic mass is 10.2. The molecule has 0 heterocycles. The van der Waals surface area contributed by atoms with E-state index < -0.39 is 5.97 Å². The number of carbonyl (C=O) groups is 1. The highest BCUT2D eigenvalue weighted by Gasteiger charge is 1.98. The molecule has 0 aliphatic carbocycles. The summed E-state index contributed by atoms with van der Waals surface area (Å²) in [6.07, 6.45) is 0. The second kappa shape index (κ2) is 3.58. The minimum absolute atomic E-state index is 0. The van der Waals surface area contributed by atoms with Crippen LogP contribution in [0.25, 0.3) is 0 Å². The first kappa shape index (κ1) is 9.45. The number of anilines is 1. The second-order valence-corrected chi connectivity index (χ2v) is 1.93. The van der Waals surface area contributed by atoms with Crippen molar-refractivity contribution >= 4 is 11.7 Å². The number of carboxylic acids is 1. The molecule has 5 N–H and O–H groups in total. The van der Waals surface area contributed by atoms with Gasteiger partial charge in [-0.15, -0.1) is 0 Å². The molecule has 0 radical (unpaired) electrons. The van der Waals surface area contributed by atoms with Gasteiger partial charge in [0.05, 0.1) is 5.56 Å². The highest BCUT2D eigenvalue weighted by Crippen LogP contribution is 2.04. The van der Waals surface area contributed by atoms with Gasteiger partial charge in [-0.05, 0) is 24.3 Å². The van der Waals surface area contributed by atoms with Gasteiger partial charge in [0.15, 0.2) is 0 Å². The molecule has 1 aromatic carbocycles. The van der Waals surface area contributed by atoms with Gasteiger partial charge >= 0.3 is 5.97 Å². The summed E-state index contributed by atoms with van der Waals surface area (Å²) in [4.78, 5) is 10.3. The summed E-state index contributed by atoms with van der Waals surface area (Å²) in [5.41, 5.74) is 6.17. The lowest BCUT2D eigenvalue weighted by Gasteiger charge is -1.93. The van der Waals surface area contributed by atoms with E-state index in [1.807, 2.05) is 0 Å². The number of benzene rings is 1. The molecule has 0 aromatic heterocycles. The van der Waals surface area contributed by atoms with E-state index in [0.29, 0.717) is 5.69 Å². The number of aromatic carboxylic acids is 1. The minimum Gasteiger partial charge on any atom is -0.478 e. The van der Waals surface area contributed by atoms with Gasteiger partial charge in [0.2, 0.25) is 0 Å². The Kier molecular flexibility index (Phi) is 3.07. The number of rotatable bonds is 1. The van der Waals surface area contributed by atoms with Crippen molar-refractivity contribution in [3.63, 3.8) is 0 Å². The highest BCUT2D eigenvalue weighted by molar-refractivity contribution is 5.87. The van der Waals surface area contributed by atoms with E-state index in [1.165, 1.54) is 12.1 Å². The van der Waals surface area contributed by atoms with Crippen molar-refractivity contribution in [3.8, 4) is 0 Å². The van der Waals surface area contributed by atoms with Crippen LogP contribution in [0.1, 0.15) is 10.4 Å². The van der Waals surface area contributed by atoms with E-state index in [-0.39, 0.29) is 11.0 Å². The van der Waals surface area contributed by atoms with E-state index >= 15 is 0 Å². The first-order chi connectivity index (χ1) is 4.70. The van der Waals surface area contributed by atoms with Crippen molar-refractivity contribution in [3.05, 3.63) is 29.8 Å². The maximum Gasteiger partial charge on any atom is 0.335 e. The van der Waals surface area contributed by atoms with Crippen LogP contribution >= 0.6 is 0 Å². The summed E-state index contributed by atoms with van der Waals surface area (Å²) in [6, 6.07) is 6.06. The first-order valence-electron chi connectivity index (χ1n) is 2.79. The van der Waals surface area contributed by atoms with Gasteiger partial charge in [0.25, 0.3) is 0 Å². The fourth-order valence-corrected chi connectivity index (χ4v) is 0.626. The van der Waals surface area contributed by atoms with Crippen LogP contribution in [0.4, 0.5) is 5.69 Å². The lowest BCUT2D eigenvalue weighted by molar-refractivity contribution is 0.0697. The molecule has 4 nitrogen and oxygen atoms in total. The summed E-state index contributed by atoms with van der Waals surface area (Å²) < 4.78 is 0. The fraction of sp³-hybridized carbons (Fsp3) is 0. The molecule has 1 rings (SSSR count). The normalized spacial score (nSPS) is 8.36. The molecule has 0 amide bonds. The van der Waals surface area contributed by atoms with Gasteiger partial charge < -0.3 is 16.3 Å².